The van der Waals surface area contributed by atoms with E-state index in [4.69, 9.17) is 0 Å². The van der Waals surface area contributed by atoms with Gasteiger partial charge in [-0.25, -0.2) is 4.98 Å². The van der Waals surface area contributed by atoms with Crippen LogP contribution in [0.15, 0.2) is 12.1 Å². The van der Waals surface area contributed by atoms with E-state index in [1.54, 1.807) is 13.1 Å². The molecular weight excluding hydrogens is 270 g/mol. The third-order valence-electron chi connectivity index (χ3n) is 3.82. The molecule has 0 saturated carbocycles. The number of nitrogens with one attached hydrogen (secondary N) is 1. The van der Waals surface area contributed by atoms with E-state index in [0.29, 0.717) is 11.6 Å². The van der Waals surface area contributed by atoms with Gasteiger partial charge in [-0.3, -0.25) is 15.0 Å². The van der Waals surface area contributed by atoms with E-state index < -0.39 is 0 Å². The Kier molecular flexibility index (Phi) is 4.32. The number of hydrogen-bond acceptors (Lipinski definition) is 6. The Labute approximate surface area is 125 Å². The molecule has 0 spiro atoms. The van der Waals surface area contributed by atoms with Crippen molar-refractivity contribution in [3.05, 3.63) is 22.2 Å². The van der Waals surface area contributed by atoms with Crippen LogP contribution < -0.4 is 10.2 Å². The summed E-state index contributed by atoms with van der Waals surface area (Å²) in [5.41, 5.74) is 0.223. The molecule has 116 valence electrons. The Morgan fingerprint density at radius 1 is 1.24 bits per heavy atom. The van der Waals surface area contributed by atoms with Crippen molar-refractivity contribution in [1.82, 2.24) is 9.88 Å². The maximum atomic E-state index is 11.0. The third kappa shape index (κ3) is 3.60. The van der Waals surface area contributed by atoms with E-state index in [9.17, 15) is 10.1 Å². The SMILES string of the molecule is CNc1cc([N+](=O)[O-])cc(N2CCN(C(C)(C)C)CC2)n1. The summed E-state index contributed by atoms with van der Waals surface area (Å²) in [6.07, 6.45) is 0. The lowest BCUT2D eigenvalue weighted by Crippen LogP contribution is -2.53. The van der Waals surface area contributed by atoms with Gasteiger partial charge in [-0.15, -0.1) is 0 Å². The van der Waals surface area contributed by atoms with Crippen molar-refractivity contribution in [2.24, 2.45) is 0 Å². The highest BCUT2D eigenvalue weighted by molar-refractivity contribution is 5.55. The van der Waals surface area contributed by atoms with Gasteiger partial charge in [-0.2, -0.15) is 0 Å². The fourth-order valence-electron chi connectivity index (χ4n) is 2.50. The number of rotatable bonds is 3. The summed E-state index contributed by atoms with van der Waals surface area (Å²) in [7, 11) is 1.72. The molecule has 21 heavy (non-hydrogen) atoms. The summed E-state index contributed by atoms with van der Waals surface area (Å²) in [6, 6.07) is 3.00. The maximum Gasteiger partial charge on any atom is 0.276 e. The van der Waals surface area contributed by atoms with Crippen LogP contribution in [-0.4, -0.2) is 53.6 Å². The van der Waals surface area contributed by atoms with Gasteiger partial charge in [-0.1, -0.05) is 0 Å². The van der Waals surface area contributed by atoms with Crippen molar-refractivity contribution in [2.75, 3.05) is 43.4 Å². The minimum absolute atomic E-state index is 0.0719. The smallest absolute Gasteiger partial charge is 0.276 e. The second-order valence-electron chi connectivity index (χ2n) is 6.22. The topological polar surface area (TPSA) is 74.5 Å². The molecule has 0 aromatic carbocycles. The zero-order valence-corrected chi connectivity index (χ0v) is 13.1. The molecule has 7 heteroatoms. The van der Waals surface area contributed by atoms with E-state index in [2.05, 4.69) is 40.9 Å². The molecule has 0 radical (unpaired) electrons. The first-order chi connectivity index (χ1) is 9.81. The Hall–Kier alpha value is -1.89. The van der Waals surface area contributed by atoms with Crippen LogP contribution in [0, 0.1) is 10.1 Å². The van der Waals surface area contributed by atoms with Crippen molar-refractivity contribution >= 4 is 17.3 Å². The molecule has 7 nitrogen and oxygen atoms in total. The van der Waals surface area contributed by atoms with Crippen molar-refractivity contribution in [1.29, 1.82) is 0 Å². The average molecular weight is 293 g/mol. The molecule has 1 aromatic rings. The second kappa shape index (κ2) is 5.85. The summed E-state index contributed by atoms with van der Waals surface area (Å²) in [6.45, 7) is 10.1. The quantitative estimate of drug-likeness (QED) is 0.678. The van der Waals surface area contributed by atoms with E-state index in [1.807, 2.05) is 0 Å². The van der Waals surface area contributed by atoms with Gasteiger partial charge < -0.3 is 10.2 Å². The van der Waals surface area contributed by atoms with Crippen LogP contribution in [0.3, 0.4) is 0 Å². The van der Waals surface area contributed by atoms with Crippen molar-refractivity contribution in [3.8, 4) is 0 Å². The zero-order valence-electron chi connectivity index (χ0n) is 13.1. The minimum atomic E-state index is -0.378. The molecule has 0 unspecified atom stereocenters. The predicted molar refractivity (Wildman–Crippen MR) is 84.0 cm³/mol. The summed E-state index contributed by atoms with van der Waals surface area (Å²) < 4.78 is 0. The van der Waals surface area contributed by atoms with Gasteiger partial charge >= 0.3 is 0 Å². The number of anilines is 2. The lowest BCUT2D eigenvalue weighted by molar-refractivity contribution is -0.384. The van der Waals surface area contributed by atoms with Crippen LogP contribution in [0.1, 0.15) is 20.8 Å². The molecule has 1 aromatic heterocycles. The van der Waals surface area contributed by atoms with E-state index >= 15 is 0 Å². The van der Waals surface area contributed by atoms with E-state index in [0.717, 1.165) is 26.2 Å². The monoisotopic (exact) mass is 293 g/mol. The first-order valence-electron chi connectivity index (χ1n) is 7.15. The van der Waals surface area contributed by atoms with Gasteiger partial charge in [0.1, 0.15) is 11.6 Å². The predicted octanol–water partition coefficient (Wildman–Crippen LogP) is 1.95. The van der Waals surface area contributed by atoms with Gasteiger partial charge in [-0.05, 0) is 20.8 Å². The summed E-state index contributed by atoms with van der Waals surface area (Å²) >= 11 is 0. The molecule has 1 fully saturated rings. The van der Waals surface area contributed by atoms with Crippen LogP contribution in [-0.2, 0) is 0 Å². The Morgan fingerprint density at radius 3 is 2.33 bits per heavy atom. The molecule has 1 saturated heterocycles. The molecular formula is C14H23N5O2. The number of nitrogens with zero attached hydrogens (tertiary/aromatic N) is 4. The minimum Gasteiger partial charge on any atom is -0.373 e. The van der Waals surface area contributed by atoms with Crippen molar-refractivity contribution < 1.29 is 4.92 Å². The molecule has 1 aliphatic rings. The van der Waals surface area contributed by atoms with Crippen LogP contribution in [0.2, 0.25) is 0 Å². The van der Waals surface area contributed by atoms with Crippen LogP contribution in [0.4, 0.5) is 17.3 Å². The number of pyridine rings is 1. The molecule has 2 rings (SSSR count). The molecule has 1 N–H and O–H groups in total. The second-order valence-corrected chi connectivity index (χ2v) is 6.22. The van der Waals surface area contributed by atoms with Crippen molar-refractivity contribution in [3.63, 3.8) is 0 Å². The van der Waals surface area contributed by atoms with Gasteiger partial charge in [0.15, 0.2) is 0 Å². The molecule has 0 amide bonds. The van der Waals surface area contributed by atoms with E-state index in [1.165, 1.54) is 6.07 Å². The lowest BCUT2D eigenvalue weighted by Gasteiger charge is -2.42. The lowest BCUT2D eigenvalue weighted by atomic mass is 10.1. The third-order valence-corrected chi connectivity index (χ3v) is 3.82. The summed E-state index contributed by atoms with van der Waals surface area (Å²) in [5.74, 6) is 1.19. The fourth-order valence-corrected chi connectivity index (χ4v) is 2.50. The fraction of sp³-hybridized carbons (Fsp3) is 0.643. The largest absolute Gasteiger partial charge is 0.373 e. The highest BCUT2D eigenvalue weighted by Crippen LogP contribution is 2.25. The van der Waals surface area contributed by atoms with Gasteiger partial charge in [0.25, 0.3) is 5.69 Å². The number of aromatic nitrogens is 1. The van der Waals surface area contributed by atoms with Gasteiger partial charge in [0.05, 0.1) is 17.1 Å². The van der Waals surface area contributed by atoms with Crippen molar-refractivity contribution in [2.45, 2.75) is 26.3 Å². The number of piperazine rings is 1. The van der Waals surface area contributed by atoms with Crippen LogP contribution >= 0.6 is 0 Å². The molecule has 1 aliphatic heterocycles. The standard InChI is InChI=1S/C14H23N5O2/c1-14(2,3)18-7-5-17(6-8-18)13-10-11(19(20)21)9-12(15-4)16-13/h9-10H,5-8H2,1-4H3,(H,15,16). The first kappa shape index (κ1) is 15.5. The molecule has 2 heterocycles. The normalized spacial score (nSPS) is 16.9. The van der Waals surface area contributed by atoms with Gasteiger partial charge in [0.2, 0.25) is 0 Å². The molecule has 0 atom stereocenters. The Bertz CT molecular complexity index is 519. The number of hydrogen-bond donors (Lipinski definition) is 1. The summed E-state index contributed by atoms with van der Waals surface area (Å²) in [4.78, 5) is 19.6. The zero-order chi connectivity index (χ0) is 15.6. The first-order valence-corrected chi connectivity index (χ1v) is 7.15. The highest BCUT2D eigenvalue weighted by atomic mass is 16.6. The Balaban J connectivity index is 2.16. The van der Waals surface area contributed by atoms with Gasteiger partial charge in [0, 0.05) is 38.8 Å². The Morgan fingerprint density at radius 2 is 1.86 bits per heavy atom. The molecule has 0 bridgehead atoms. The van der Waals surface area contributed by atoms with Crippen LogP contribution in [0.25, 0.3) is 0 Å². The maximum absolute atomic E-state index is 11.0. The summed E-state index contributed by atoms with van der Waals surface area (Å²) in [5, 5.41) is 13.9. The van der Waals surface area contributed by atoms with E-state index in [-0.39, 0.29) is 16.1 Å². The molecule has 0 aliphatic carbocycles. The number of nitro groups is 1. The van der Waals surface area contributed by atoms with Crippen LogP contribution in [0.5, 0.6) is 0 Å². The highest BCUT2D eigenvalue weighted by Gasteiger charge is 2.27. The average Bonchev–Trinajstić information content (AvgIpc) is 2.46.